The number of imide groups is 1. The van der Waals surface area contributed by atoms with E-state index in [4.69, 9.17) is 5.73 Å². The number of piperazine rings is 1. The molecule has 8 heteroatoms. The van der Waals surface area contributed by atoms with E-state index in [0.717, 1.165) is 4.90 Å². The largest absolute Gasteiger partial charge is 0.376 e. The lowest BCUT2D eigenvalue weighted by Gasteiger charge is -2.32. The SMILES string of the molecule is CCN1CCN(C(=O)c2ccccc2NCC(N)=O)C(=O)C1=O. The van der Waals surface area contributed by atoms with Crippen molar-refractivity contribution in [3.63, 3.8) is 0 Å². The van der Waals surface area contributed by atoms with Gasteiger partial charge in [-0.15, -0.1) is 0 Å². The summed E-state index contributed by atoms with van der Waals surface area (Å²) in [5.74, 6) is -2.68. The monoisotopic (exact) mass is 318 g/mol. The molecule has 23 heavy (non-hydrogen) atoms. The molecule has 8 nitrogen and oxygen atoms in total. The van der Waals surface area contributed by atoms with E-state index in [-0.39, 0.29) is 18.7 Å². The van der Waals surface area contributed by atoms with E-state index in [2.05, 4.69) is 5.32 Å². The lowest BCUT2D eigenvalue weighted by atomic mass is 10.1. The molecule has 122 valence electrons. The number of rotatable bonds is 5. The number of hydrogen-bond acceptors (Lipinski definition) is 5. The van der Waals surface area contributed by atoms with Crippen molar-refractivity contribution in [1.82, 2.24) is 9.80 Å². The molecule has 3 N–H and O–H groups in total. The van der Waals surface area contributed by atoms with E-state index in [1.807, 2.05) is 0 Å². The molecular formula is C15H18N4O4. The smallest absolute Gasteiger partial charge is 0.319 e. The zero-order chi connectivity index (χ0) is 17.0. The van der Waals surface area contributed by atoms with Gasteiger partial charge in [0.2, 0.25) is 5.91 Å². The zero-order valence-corrected chi connectivity index (χ0v) is 12.7. The number of benzene rings is 1. The fourth-order valence-electron chi connectivity index (χ4n) is 2.32. The van der Waals surface area contributed by atoms with Gasteiger partial charge in [0.1, 0.15) is 0 Å². The van der Waals surface area contributed by atoms with E-state index >= 15 is 0 Å². The first-order chi connectivity index (χ1) is 11.0. The molecule has 0 unspecified atom stereocenters. The Hall–Kier alpha value is -2.90. The second-order valence-corrected chi connectivity index (χ2v) is 5.01. The van der Waals surface area contributed by atoms with Crippen LogP contribution in [0, 0.1) is 0 Å². The number of primary amides is 1. The van der Waals surface area contributed by atoms with E-state index in [9.17, 15) is 19.2 Å². The lowest BCUT2D eigenvalue weighted by Crippen LogP contribution is -2.56. The molecule has 0 spiro atoms. The van der Waals surface area contributed by atoms with Gasteiger partial charge in [0.25, 0.3) is 5.91 Å². The molecule has 0 saturated carbocycles. The zero-order valence-electron chi connectivity index (χ0n) is 12.7. The minimum absolute atomic E-state index is 0.138. The van der Waals surface area contributed by atoms with Crippen LogP contribution in [0.25, 0.3) is 0 Å². The minimum atomic E-state index is -0.840. The molecule has 0 aliphatic carbocycles. The van der Waals surface area contributed by atoms with Crippen LogP contribution in [0.5, 0.6) is 0 Å². The van der Waals surface area contributed by atoms with E-state index in [1.165, 1.54) is 11.0 Å². The van der Waals surface area contributed by atoms with Crippen LogP contribution in [-0.4, -0.2) is 59.6 Å². The van der Waals surface area contributed by atoms with Gasteiger partial charge in [-0.3, -0.25) is 24.1 Å². The highest BCUT2D eigenvalue weighted by molar-refractivity contribution is 6.39. The standard InChI is InChI=1S/C15H18N4O4/c1-2-18-7-8-19(15(23)14(18)22)13(21)10-5-3-4-6-11(10)17-9-12(16)20/h3-6,17H,2,7-9H2,1H3,(H2,16,20). The van der Waals surface area contributed by atoms with Crippen molar-refractivity contribution >= 4 is 29.3 Å². The van der Waals surface area contributed by atoms with Gasteiger partial charge in [-0.25, -0.2) is 0 Å². The summed E-state index contributed by atoms with van der Waals surface area (Å²) < 4.78 is 0. The van der Waals surface area contributed by atoms with Crippen LogP contribution in [0.15, 0.2) is 24.3 Å². The molecule has 1 aliphatic heterocycles. The molecule has 0 aromatic heterocycles. The predicted molar refractivity (Wildman–Crippen MR) is 82.4 cm³/mol. The normalized spacial score (nSPS) is 14.8. The Morgan fingerprint density at radius 2 is 1.87 bits per heavy atom. The Bertz CT molecular complexity index is 659. The lowest BCUT2D eigenvalue weighted by molar-refractivity contribution is -0.153. The maximum Gasteiger partial charge on any atom is 0.319 e. The Morgan fingerprint density at radius 3 is 2.52 bits per heavy atom. The summed E-state index contributed by atoms with van der Waals surface area (Å²) in [5, 5.41) is 2.75. The topological polar surface area (TPSA) is 113 Å². The van der Waals surface area contributed by atoms with Crippen molar-refractivity contribution in [2.45, 2.75) is 6.92 Å². The van der Waals surface area contributed by atoms with Gasteiger partial charge in [0, 0.05) is 25.3 Å². The Labute approximate surface area is 133 Å². The number of nitrogens with zero attached hydrogens (tertiary/aromatic N) is 2. The van der Waals surface area contributed by atoms with Gasteiger partial charge in [0.15, 0.2) is 0 Å². The number of anilines is 1. The average Bonchev–Trinajstić information content (AvgIpc) is 2.55. The molecule has 1 saturated heterocycles. The Morgan fingerprint density at radius 1 is 1.17 bits per heavy atom. The molecule has 1 heterocycles. The number of carbonyl (C=O) groups is 4. The molecule has 4 amide bonds. The summed E-state index contributed by atoms with van der Waals surface area (Å²) in [5.41, 5.74) is 5.67. The maximum atomic E-state index is 12.6. The van der Waals surface area contributed by atoms with Crippen molar-refractivity contribution < 1.29 is 19.2 Å². The molecule has 0 radical (unpaired) electrons. The summed E-state index contributed by atoms with van der Waals surface area (Å²) in [6, 6.07) is 6.44. The van der Waals surface area contributed by atoms with Crippen molar-refractivity contribution in [2.24, 2.45) is 5.73 Å². The highest BCUT2D eigenvalue weighted by Gasteiger charge is 2.36. The van der Waals surface area contributed by atoms with Gasteiger partial charge < -0.3 is 16.0 Å². The van der Waals surface area contributed by atoms with Crippen LogP contribution in [0.4, 0.5) is 5.69 Å². The van der Waals surface area contributed by atoms with Crippen LogP contribution < -0.4 is 11.1 Å². The fraction of sp³-hybridized carbons (Fsp3) is 0.333. The van der Waals surface area contributed by atoms with Crippen LogP contribution in [0.3, 0.4) is 0 Å². The summed E-state index contributed by atoms with van der Waals surface area (Å²) in [4.78, 5) is 49.8. The molecule has 1 fully saturated rings. The number of nitrogens with two attached hydrogens (primary N) is 1. The summed E-state index contributed by atoms with van der Waals surface area (Å²) >= 11 is 0. The molecule has 1 aromatic carbocycles. The van der Waals surface area contributed by atoms with Gasteiger partial charge in [-0.1, -0.05) is 12.1 Å². The maximum absolute atomic E-state index is 12.6. The van der Waals surface area contributed by atoms with Crippen molar-refractivity contribution in [1.29, 1.82) is 0 Å². The molecule has 0 atom stereocenters. The highest BCUT2D eigenvalue weighted by atomic mass is 16.2. The van der Waals surface area contributed by atoms with Crippen molar-refractivity contribution in [3.05, 3.63) is 29.8 Å². The van der Waals surface area contributed by atoms with Gasteiger partial charge >= 0.3 is 11.8 Å². The third kappa shape index (κ3) is 3.47. The van der Waals surface area contributed by atoms with Crippen molar-refractivity contribution in [3.8, 4) is 0 Å². The number of nitrogens with one attached hydrogen (secondary N) is 1. The van der Waals surface area contributed by atoms with Gasteiger partial charge in [-0.2, -0.15) is 0 Å². The van der Waals surface area contributed by atoms with Crippen LogP contribution >= 0.6 is 0 Å². The van der Waals surface area contributed by atoms with Gasteiger partial charge in [0.05, 0.1) is 12.1 Å². The summed E-state index contributed by atoms with van der Waals surface area (Å²) in [7, 11) is 0. The van der Waals surface area contributed by atoms with Gasteiger partial charge in [-0.05, 0) is 19.1 Å². The quantitative estimate of drug-likeness (QED) is 0.557. The third-order valence-corrected chi connectivity index (χ3v) is 3.55. The first-order valence-electron chi connectivity index (χ1n) is 7.22. The summed E-state index contributed by atoms with van der Waals surface area (Å²) in [6.45, 7) is 2.50. The number of likely N-dealkylation sites (N-methyl/N-ethyl adjacent to an activating group) is 1. The molecule has 1 aromatic rings. The Kier molecular flexibility index (Phi) is 4.95. The van der Waals surface area contributed by atoms with Crippen LogP contribution in [0.2, 0.25) is 0 Å². The number of hydrogen-bond donors (Lipinski definition) is 2. The first-order valence-corrected chi connectivity index (χ1v) is 7.22. The predicted octanol–water partition coefficient (Wildman–Crippen LogP) is -0.585. The second-order valence-electron chi connectivity index (χ2n) is 5.01. The molecular weight excluding hydrogens is 300 g/mol. The molecule has 1 aliphatic rings. The number of carbonyl (C=O) groups excluding carboxylic acids is 4. The highest BCUT2D eigenvalue weighted by Crippen LogP contribution is 2.19. The second kappa shape index (κ2) is 6.91. The summed E-state index contributed by atoms with van der Waals surface area (Å²) in [6.07, 6.45) is 0. The van der Waals surface area contributed by atoms with E-state index < -0.39 is 23.6 Å². The van der Waals surface area contributed by atoms with Crippen molar-refractivity contribution in [2.75, 3.05) is 31.5 Å². The average molecular weight is 318 g/mol. The Balaban J connectivity index is 2.22. The van der Waals surface area contributed by atoms with Crippen LogP contribution in [-0.2, 0) is 14.4 Å². The number of para-hydroxylation sites is 1. The van der Waals surface area contributed by atoms with E-state index in [1.54, 1.807) is 25.1 Å². The fourth-order valence-corrected chi connectivity index (χ4v) is 2.32. The van der Waals surface area contributed by atoms with Crippen LogP contribution in [0.1, 0.15) is 17.3 Å². The third-order valence-electron chi connectivity index (χ3n) is 3.55. The minimum Gasteiger partial charge on any atom is -0.376 e. The first kappa shape index (κ1) is 16.5. The molecule has 0 bridgehead atoms. The van der Waals surface area contributed by atoms with E-state index in [0.29, 0.717) is 18.8 Å². The molecule has 2 rings (SSSR count). The number of amides is 4.